The minimum atomic E-state index is -0.848. The fourth-order valence-electron chi connectivity index (χ4n) is 3.54. The number of hydrogen-bond donors (Lipinski definition) is 1. The van der Waals surface area contributed by atoms with E-state index in [2.05, 4.69) is 26.5 Å². The van der Waals surface area contributed by atoms with Crippen LogP contribution in [0.15, 0.2) is 23.8 Å². The number of carbonyl (C=O) groups is 1. The van der Waals surface area contributed by atoms with Crippen molar-refractivity contribution in [2.75, 3.05) is 0 Å². The molecule has 0 spiro atoms. The van der Waals surface area contributed by atoms with E-state index in [1.807, 2.05) is 0 Å². The maximum atomic E-state index is 11.0. The Bertz CT molecular complexity index is 380. The zero-order chi connectivity index (χ0) is 12.6. The number of allylic oxidation sites excluding steroid dienone is 2. The van der Waals surface area contributed by atoms with Crippen molar-refractivity contribution in [1.82, 2.24) is 0 Å². The largest absolute Gasteiger partial charge is 0.478 e. The van der Waals surface area contributed by atoms with Crippen molar-refractivity contribution in [2.45, 2.75) is 46.0 Å². The highest BCUT2D eigenvalue weighted by Gasteiger charge is 2.39. The monoisotopic (exact) mass is 234 g/mol. The molecule has 0 amide bonds. The van der Waals surface area contributed by atoms with Gasteiger partial charge in [-0.05, 0) is 37.0 Å². The van der Waals surface area contributed by atoms with Crippen molar-refractivity contribution >= 4 is 5.97 Å². The minimum absolute atomic E-state index is 0.0520. The first-order chi connectivity index (χ1) is 7.94. The Morgan fingerprint density at radius 2 is 2.18 bits per heavy atom. The molecule has 2 heteroatoms. The Morgan fingerprint density at radius 3 is 2.82 bits per heavy atom. The highest BCUT2D eigenvalue weighted by Crippen LogP contribution is 2.51. The van der Waals surface area contributed by atoms with Gasteiger partial charge in [-0.3, -0.25) is 0 Å². The van der Waals surface area contributed by atoms with Gasteiger partial charge in [0.15, 0.2) is 0 Å². The molecule has 3 atom stereocenters. The van der Waals surface area contributed by atoms with Crippen LogP contribution in [0, 0.1) is 17.3 Å². The van der Waals surface area contributed by atoms with Gasteiger partial charge in [0.2, 0.25) is 0 Å². The van der Waals surface area contributed by atoms with Crippen LogP contribution in [0.2, 0.25) is 0 Å². The average molecular weight is 234 g/mol. The zero-order valence-corrected chi connectivity index (χ0v) is 10.8. The summed E-state index contributed by atoms with van der Waals surface area (Å²) in [5, 5.41) is 9.03. The average Bonchev–Trinajstić information content (AvgIpc) is 2.27. The molecular formula is C15H22O2. The third kappa shape index (κ3) is 2.18. The van der Waals surface area contributed by atoms with Gasteiger partial charge in [0.05, 0.1) is 0 Å². The Balaban J connectivity index is 2.28. The highest BCUT2D eigenvalue weighted by atomic mass is 16.4. The fraction of sp³-hybridized carbons (Fsp3) is 0.667. The summed E-state index contributed by atoms with van der Waals surface area (Å²) in [6.07, 6.45) is 8.07. The second-order valence-electron chi connectivity index (χ2n) is 5.95. The topological polar surface area (TPSA) is 37.3 Å². The Hall–Kier alpha value is -1.05. The molecule has 2 aliphatic rings. The molecule has 0 heterocycles. The zero-order valence-electron chi connectivity index (χ0n) is 10.8. The van der Waals surface area contributed by atoms with Crippen LogP contribution < -0.4 is 0 Å². The molecule has 0 aromatic heterocycles. The van der Waals surface area contributed by atoms with Crippen molar-refractivity contribution in [3.63, 3.8) is 0 Å². The first-order valence-corrected chi connectivity index (χ1v) is 6.58. The number of rotatable bonds is 2. The molecule has 94 valence electrons. The van der Waals surface area contributed by atoms with Crippen molar-refractivity contribution in [1.29, 1.82) is 0 Å². The molecule has 2 nitrogen and oxygen atoms in total. The molecule has 0 aromatic carbocycles. The van der Waals surface area contributed by atoms with Gasteiger partial charge in [-0.25, -0.2) is 4.79 Å². The molecule has 2 aliphatic carbocycles. The molecule has 17 heavy (non-hydrogen) atoms. The number of carboxylic acids is 1. The van der Waals surface area contributed by atoms with Gasteiger partial charge in [0.1, 0.15) is 0 Å². The summed E-state index contributed by atoms with van der Waals surface area (Å²) >= 11 is 0. The second-order valence-corrected chi connectivity index (χ2v) is 5.95. The number of fused-ring (bicyclic) bond motifs is 1. The molecule has 0 aromatic rings. The highest BCUT2D eigenvalue weighted by molar-refractivity contribution is 5.86. The van der Waals surface area contributed by atoms with E-state index in [0.717, 1.165) is 12.8 Å². The van der Waals surface area contributed by atoms with Crippen LogP contribution in [-0.2, 0) is 4.79 Å². The van der Waals surface area contributed by atoms with Crippen LogP contribution in [0.25, 0.3) is 0 Å². The molecule has 1 N–H and O–H groups in total. The van der Waals surface area contributed by atoms with Gasteiger partial charge < -0.3 is 5.11 Å². The smallest absolute Gasteiger partial charge is 0.331 e. The fourth-order valence-corrected chi connectivity index (χ4v) is 3.54. The minimum Gasteiger partial charge on any atom is -0.478 e. The summed E-state index contributed by atoms with van der Waals surface area (Å²) in [5.74, 6) is -0.187. The lowest BCUT2D eigenvalue weighted by atomic mass is 9.60. The SMILES string of the molecule is C=C(C(=O)O)C1C=C2C(C)CCCC2(C)CC1. The van der Waals surface area contributed by atoms with Crippen LogP contribution in [0.1, 0.15) is 46.0 Å². The first kappa shape index (κ1) is 12.4. The predicted molar refractivity (Wildman–Crippen MR) is 68.7 cm³/mol. The van der Waals surface area contributed by atoms with Crippen molar-refractivity contribution in [2.24, 2.45) is 17.3 Å². The molecule has 3 unspecified atom stereocenters. The lowest BCUT2D eigenvalue weighted by Crippen LogP contribution is -2.33. The van der Waals surface area contributed by atoms with E-state index in [1.54, 1.807) is 0 Å². The summed E-state index contributed by atoms with van der Waals surface area (Å²) in [6.45, 7) is 8.33. The van der Waals surface area contributed by atoms with Crippen LogP contribution in [0.4, 0.5) is 0 Å². The molecular weight excluding hydrogens is 212 g/mol. The summed E-state index contributed by atoms with van der Waals surface area (Å²) in [7, 11) is 0. The standard InChI is InChI=1S/C15H22O2/c1-10-5-4-7-15(3)8-6-12(9-13(10)15)11(2)14(16)17/h9-10,12H,2,4-8H2,1,3H3,(H,16,17). The van der Waals surface area contributed by atoms with Crippen LogP contribution in [0.3, 0.4) is 0 Å². The lowest BCUT2D eigenvalue weighted by Gasteiger charge is -2.44. The third-order valence-electron chi connectivity index (χ3n) is 4.70. The van der Waals surface area contributed by atoms with Gasteiger partial charge in [0.25, 0.3) is 0 Å². The normalized spacial score (nSPS) is 36.9. The van der Waals surface area contributed by atoms with Crippen LogP contribution in [0.5, 0.6) is 0 Å². The number of carboxylic acid groups (broad SMARTS) is 1. The number of aliphatic carboxylic acids is 1. The van der Waals surface area contributed by atoms with Gasteiger partial charge in [0, 0.05) is 11.5 Å². The molecule has 2 rings (SSSR count). The van der Waals surface area contributed by atoms with Gasteiger partial charge >= 0.3 is 5.97 Å². The maximum Gasteiger partial charge on any atom is 0.331 e. The van der Waals surface area contributed by atoms with Crippen LogP contribution in [-0.4, -0.2) is 11.1 Å². The summed E-state index contributed by atoms with van der Waals surface area (Å²) in [6, 6.07) is 0. The number of hydrogen-bond acceptors (Lipinski definition) is 1. The van der Waals surface area contributed by atoms with Gasteiger partial charge in [-0.2, -0.15) is 0 Å². The van der Waals surface area contributed by atoms with Crippen molar-refractivity contribution in [3.05, 3.63) is 23.8 Å². The van der Waals surface area contributed by atoms with Crippen molar-refractivity contribution < 1.29 is 9.90 Å². The Kier molecular flexibility index (Phi) is 3.15. The van der Waals surface area contributed by atoms with E-state index in [-0.39, 0.29) is 5.92 Å². The second kappa shape index (κ2) is 4.32. The Morgan fingerprint density at radius 1 is 1.47 bits per heavy atom. The van der Waals surface area contributed by atoms with E-state index in [9.17, 15) is 4.79 Å². The first-order valence-electron chi connectivity index (χ1n) is 6.58. The predicted octanol–water partition coefficient (Wildman–Crippen LogP) is 3.79. The maximum absolute atomic E-state index is 11.0. The lowest BCUT2D eigenvalue weighted by molar-refractivity contribution is -0.133. The van der Waals surface area contributed by atoms with Gasteiger partial charge in [-0.15, -0.1) is 0 Å². The van der Waals surface area contributed by atoms with E-state index >= 15 is 0 Å². The molecule has 1 saturated carbocycles. The molecule has 0 saturated heterocycles. The molecule has 1 fully saturated rings. The quantitative estimate of drug-likeness (QED) is 0.583. The van der Waals surface area contributed by atoms with Crippen LogP contribution >= 0.6 is 0 Å². The van der Waals surface area contributed by atoms with E-state index < -0.39 is 5.97 Å². The summed E-state index contributed by atoms with van der Waals surface area (Å²) in [4.78, 5) is 11.0. The summed E-state index contributed by atoms with van der Waals surface area (Å²) in [5.41, 5.74) is 2.17. The van der Waals surface area contributed by atoms with Crippen molar-refractivity contribution in [3.8, 4) is 0 Å². The molecule has 0 aliphatic heterocycles. The third-order valence-corrected chi connectivity index (χ3v) is 4.70. The van der Waals surface area contributed by atoms with Gasteiger partial charge in [-0.1, -0.05) is 38.5 Å². The summed E-state index contributed by atoms with van der Waals surface area (Å²) < 4.78 is 0. The Labute approximate surface area is 103 Å². The van der Waals surface area contributed by atoms with E-state index in [4.69, 9.17) is 5.11 Å². The molecule has 0 radical (unpaired) electrons. The van der Waals surface area contributed by atoms with E-state index in [1.165, 1.54) is 24.8 Å². The molecule has 0 bridgehead atoms. The van der Waals surface area contributed by atoms with E-state index in [0.29, 0.717) is 16.9 Å².